The van der Waals surface area contributed by atoms with Gasteiger partial charge in [-0.1, -0.05) is 0 Å². The molecule has 0 aliphatic carbocycles. The zero-order valence-electron chi connectivity index (χ0n) is 7.73. The first-order valence-electron chi connectivity index (χ1n) is 4.52. The summed E-state index contributed by atoms with van der Waals surface area (Å²) >= 11 is 7.36. The fraction of sp³-hybridized carbons (Fsp3) is 0.333. The Morgan fingerprint density at radius 3 is 2.07 bits per heavy atom. The molecule has 0 aromatic carbocycles. The molecule has 0 fully saturated rings. The third-order valence-corrected chi connectivity index (χ3v) is 21.1. The van der Waals surface area contributed by atoms with Gasteiger partial charge in [0.05, 0.1) is 0 Å². The summed E-state index contributed by atoms with van der Waals surface area (Å²) in [6.07, 6.45) is 1.41. The van der Waals surface area contributed by atoms with Gasteiger partial charge in [0.15, 0.2) is 0 Å². The molecule has 0 unspecified atom stereocenters. The van der Waals surface area contributed by atoms with Crippen molar-refractivity contribution in [3.05, 3.63) is 24.3 Å². The van der Waals surface area contributed by atoms with Crippen molar-refractivity contribution in [2.45, 2.75) is 6.42 Å². The van der Waals surface area contributed by atoms with Crippen LogP contribution in [0.2, 0.25) is 0 Å². The van der Waals surface area contributed by atoms with Crippen LogP contribution in [0.3, 0.4) is 0 Å². The Labute approximate surface area is 124 Å². The molecule has 3 heterocycles. The Hall–Kier alpha value is 2.00. The monoisotopic (exact) mass is 500 g/mol. The second-order valence-corrected chi connectivity index (χ2v) is 17.0. The summed E-state index contributed by atoms with van der Waals surface area (Å²) in [6, 6.07) is 0. The molecule has 3 aliphatic rings. The number of rotatable bonds is 0. The van der Waals surface area contributed by atoms with Crippen LogP contribution in [0.4, 0.5) is 0 Å². The SMILES string of the molecule is C1=C[Se]C(=C2[Se]C3=C(SCCCS3)[Se]2)[Se]1. The zero-order chi connectivity index (χ0) is 10.1. The normalized spacial score (nSPS) is 26.1. The number of hydrogen-bond acceptors (Lipinski definition) is 2. The van der Waals surface area contributed by atoms with Crippen LogP contribution in [0, 0.1) is 0 Å². The van der Waals surface area contributed by atoms with Gasteiger partial charge in [-0.05, 0) is 0 Å². The molecule has 0 saturated heterocycles. The van der Waals surface area contributed by atoms with Gasteiger partial charge < -0.3 is 0 Å². The van der Waals surface area contributed by atoms with E-state index in [2.05, 4.69) is 33.5 Å². The van der Waals surface area contributed by atoms with Gasteiger partial charge in [0.25, 0.3) is 0 Å². The molecule has 0 nitrogen and oxygen atoms in total. The summed E-state index contributed by atoms with van der Waals surface area (Å²) < 4.78 is 7.44. The summed E-state index contributed by atoms with van der Waals surface area (Å²) in [4.78, 5) is 4.87. The minimum absolute atomic E-state index is 0.749. The Bertz CT molecular complexity index is 342. The van der Waals surface area contributed by atoms with Gasteiger partial charge >= 0.3 is 126 Å². The molecule has 15 heavy (non-hydrogen) atoms. The summed E-state index contributed by atoms with van der Waals surface area (Å²) in [6.45, 7) is 0. The van der Waals surface area contributed by atoms with E-state index in [1.165, 1.54) is 17.9 Å². The van der Waals surface area contributed by atoms with E-state index >= 15 is 0 Å². The molecule has 0 saturated carbocycles. The average molecular weight is 496 g/mol. The molecule has 0 N–H and O–H groups in total. The Kier molecular flexibility index (Phi) is 4.63. The standard InChI is InChI=1S/C9H8S2Se4/c1-2-10-6-7(11-3-1)15-9(14-6)8-12-4-5-13-8/h4-5H,1-3H2. The van der Waals surface area contributed by atoms with Crippen LogP contribution in [0.15, 0.2) is 24.3 Å². The third-order valence-electron chi connectivity index (χ3n) is 1.86. The zero-order valence-corrected chi connectivity index (χ0v) is 16.2. The molecule has 0 amide bonds. The molecule has 0 aromatic rings. The van der Waals surface area contributed by atoms with Gasteiger partial charge in [-0.15, -0.1) is 0 Å². The first-order valence-corrected chi connectivity index (χ1v) is 13.6. The number of thioether (sulfide) groups is 2. The van der Waals surface area contributed by atoms with Crippen LogP contribution in [-0.4, -0.2) is 71.3 Å². The predicted octanol–water partition coefficient (Wildman–Crippen LogP) is 1.42. The van der Waals surface area contributed by atoms with Crippen molar-refractivity contribution in [3.63, 3.8) is 0 Å². The van der Waals surface area contributed by atoms with Gasteiger partial charge in [-0.2, -0.15) is 0 Å². The molecule has 0 atom stereocenters. The van der Waals surface area contributed by atoms with Crippen LogP contribution < -0.4 is 0 Å². The van der Waals surface area contributed by atoms with Crippen molar-refractivity contribution in [3.8, 4) is 0 Å². The van der Waals surface area contributed by atoms with E-state index in [1.54, 1.807) is 0 Å². The maximum atomic E-state index is 2.44. The summed E-state index contributed by atoms with van der Waals surface area (Å²) in [7, 11) is 0. The van der Waals surface area contributed by atoms with Crippen molar-refractivity contribution in [1.29, 1.82) is 0 Å². The van der Waals surface area contributed by atoms with Crippen molar-refractivity contribution >= 4 is 83.4 Å². The van der Waals surface area contributed by atoms with E-state index in [0.29, 0.717) is 0 Å². The van der Waals surface area contributed by atoms with E-state index in [0.717, 1.165) is 59.8 Å². The van der Waals surface area contributed by atoms with E-state index in [1.807, 2.05) is 14.3 Å². The molecular weight excluding hydrogens is 488 g/mol. The molecule has 6 heteroatoms. The summed E-state index contributed by atoms with van der Waals surface area (Å²) in [5.74, 6) is 2.75. The Balaban J connectivity index is 1.78. The predicted molar refractivity (Wildman–Crippen MR) is 75.7 cm³/mol. The quantitative estimate of drug-likeness (QED) is 0.466. The molecule has 0 bridgehead atoms. The van der Waals surface area contributed by atoms with Gasteiger partial charge in [0.1, 0.15) is 0 Å². The summed E-state index contributed by atoms with van der Waals surface area (Å²) in [5.41, 5.74) is 0. The van der Waals surface area contributed by atoms with Gasteiger partial charge in [-0.25, -0.2) is 0 Å². The van der Waals surface area contributed by atoms with Crippen LogP contribution in [-0.2, 0) is 0 Å². The van der Waals surface area contributed by atoms with E-state index in [9.17, 15) is 0 Å². The van der Waals surface area contributed by atoms with Crippen molar-refractivity contribution in [1.82, 2.24) is 0 Å². The van der Waals surface area contributed by atoms with Crippen LogP contribution in [0.5, 0.6) is 0 Å². The Morgan fingerprint density at radius 1 is 0.867 bits per heavy atom. The molecule has 3 aliphatic heterocycles. The molecular formula is C9H8S2Se4. The molecule has 0 spiro atoms. The van der Waals surface area contributed by atoms with E-state index < -0.39 is 0 Å². The van der Waals surface area contributed by atoms with E-state index in [-0.39, 0.29) is 0 Å². The molecule has 0 aromatic heterocycles. The van der Waals surface area contributed by atoms with Gasteiger partial charge in [0, 0.05) is 0 Å². The second kappa shape index (κ2) is 5.76. The van der Waals surface area contributed by atoms with Crippen molar-refractivity contribution in [2.75, 3.05) is 11.5 Å². The minimum atomic E-state index is 0.749. The van der Waals surface area contributed by atoms with Crippen LogP contribution >= 0.6 is 23.5 Å². The van der Waals surface area contributed by atoms with Gasteiger partial charge in [-0.3, -0.25) is 0 Å². The first kappa shape index (κ1) is 12.1. The van der Waals surface area contributed by atoms with Crippen molar-refractivity contribution in [2.24, 2.45) is 0 Å². The second-order valence-electron chi connectivity index (χ2n) is 2.91. The molecule has 0 radical (unpaired) electrons. The third kappa shape index (κ3) is 2.88. The van der Waals surface area contributed by atoms with Crippen LogP contribution in [0.25, 0.3) is 0 Å². The van der Waals surface area contributed by atoms with Crippen molar-refractivity contribution < 1.29 is 0 Å². The summed E-state index contributed by atoms with van der Waals surface area (Å²) in [5, 5.41) is 0. The Morgan fingerprint density at radius 2 is 1.47 bits per heavy atom. The first-order chi connectivity index (χ1) is 7.43. The molecule has 80 valence electrons. The van der Waals surface area contributed by atoms with Crippen LogP contribution in [0.1, 0.15) is 6.42 Å². The fourth-order valence-corrected chi connectivity index (χ4v) is 21.0. The topological polar surface area (TPSA) is 0 Å². The molecule has 3 rings (SSSR count). The van der Waals surface area contributed by atoms with E-state index in [4.69, 9.17) is 0 Å². The fourth-order valence-electron chi connectivity index (χ4n) is 1.22. The number of hydrogen-bond donors (Lipinski definition) is 0. The maximum absolute atomic E-state index is 2.44. The van der Waals surface area contributed by atoms with Gasteiger partial charge in [0.2, 0.25) is 0 Å². The average Bonchev–Trinajstić information content (AvgIpc) is 2.84.